The second-order valence-corrected chi connectivity index (χ2v) is 4.23. The van der Waals surface area contributed by atoms with Gasteiger partial charge in [-0.25, -0.2) is 4.79 Å². The number of carboxylic acid groups (broad SMARTS) is 1. The van der Waals surface area contributed by atoms with Crippen molar-refractivity contribution >= 4 is 11.7 Å². The van der Waals surface area contributed by atoms with E-state index in [1.54, 1.807) is 6.92 Å². The van der Waals surface area contributed by atoms with Crippen LogP contribution in [0.1, 0.15) is 15.9 Å². The van der Waals surface area contributed by atoms with Crippen LogP contribution in [0.2, 0.25) is 0 Å². The number of para-hydroxylation sites is 1. The first-order valence-electron chi connectivity index (χ1n) is 5.85. The maximum absolute atomic E-state index is 13.5. The molecule has 7 heteroatoms. The molecule has 2 rings (SSSR count). The van der Waals surface area contributed by atoms with Crippen molar-refractivity contribution < 1.29 is 24.0 Å². The minimum atomic E-state index is -1.16. The normalized spacial score (nSPS) is 10.2. The Hall–Kier alpha value is -2.96. The van der Waals surface area contributed by atoms with Gasteiger partial charge in [-0.1, -0.05) is 12.1 Å². The van der Waals surface area contributed by atoms with Gasteiger partial charge in [-0.2, -0.15) is 4.39 Å². The van der Waals surface area contributed by atoms with Crippen molar-refractivity contribution in [2.45, 2.75) is 6.92 Å². The average Bonchev–Trinajstić information content (AvgIpc) is 2.40. The fraction of sp³-hybridized carbons (Fsp3) is 0.0714. The Labute approximate surface area is 118 Å². The Morgan fingerprint density at radius 2 is 2.00 bits per heavy atom. The maximum atomic E-state index is 13.5. The average molecular weight is 291 g/mol. The lowest BCUT2D eigenvalue weighted by atomic mass is 10.1. The molecule has 0 aliphatic carbocycles. The van der Waals surface area contributed by atoms with Crippen molar-refractivity contribution in [1.82, 2.24) is 0 Å². The minimum absolute atomic E-state index is 0.0327. The van der Waals surface area contributed by atoms with E-state index in [1.807, 2.05) is 0 Å². The summed E-state index contributed by atoms with van der Waals surface area (Å²) in [6.07, 6.45) is 0. The van der Waals surface area contributed by atoms with Gasteiger partial charge in [0.15, 0.2) is 0 Å². The van der Waals surface area contributed by atoms with Crippen LogP contribution in [0.25, 0.3) is 0 Å². The summed E-state index contributed by atoms with van der Waals surface area (Å²) in [5.41, 5.74) is -0.258. The molecule has 2 aromatic carbocycles. The highest BCUT2D eigenvalue weighted by molar-refractivity contribution is 5.88. The molecule has 0 radical (unpaired) electrons. The second kappa shape index (κ2) is 5.58. The molecule has 2 aromatic rings. The molecule has 0 aliphatic rings. The van der Waals surface area contributed by atoms with Gasteiger partial charge in [0.2, 0.25) is 11.6 Å². The SMILES string of the molecule is Cc1ccc(C(=O)O)cc1Oc1cccc(F)c1[N+](=O)[O-]. The Bertz CT molecular complexity index is 729. The lowest BCUT2D eigenvalue weighted by Crippen LogP contribution is -2.00. The fourth-order valence-electron chi connectivity index (χ4n) is 1.72. The molecule has 0 unspecified atom stereocenters. The number of halogens is 1. The van der Waals surface area contributed by atoms with Gasteiger partial charge >= 0.3 is 11.7 Å². The molecule has 0 fully saturated rings. The largest absolute Gasteiger partial charge is 0.478 e. The Kier molecular flexibility index (Phi) is 3.84. The summed E-state index contributed by atoms with van der Waals surface area (Å²) in [5.74, 6) is -2.35. The van der Waals surface area contributed by atoms with Gasteiger partial charge in [0.25, 0.3) is 0 Å². The quantitative estimate of drug-likeness (QED) is 0.687. The lowest BCUT2D eigenvalue weighted by Gasteiger charge is -2.10. The van der Waals surface area contributed by atoms with Gasteiger partial charge in [-0.15, -0.1) is 0 Å². The number of carbonyl (C=O) groups is 1. The van der Waals surface area contributed by atoms with Crippen molar-refractivity contribution in [2.24, 2.45) is 0 Å². The summed E-state index contributed by atoms with van der Waals surface area (Å²) >= 11 is 0. The third-order valence-corrected chi connectivity index (χ3v) is 2.79. The number of carboxylic acids is 1. The molecule has 0 atom stereocenters. The highest BCUT2D eigenvalue weighted by Gasteiger charge is 2.22. The van der Waals surface area contributed by atoms with Gasteiger partial charge in [0.05, 0.1) is 10.5 Å². The number of benzene rings is 2. The van der Waals surface area contributed by atoms with Crippen LogP contribution in [-0.4, -0.2) is 16.0 Å². The number of rotatable bonds is 4. The molecule has 0 saturated carbocycles. The molecule has 0 bridgehead atoms. The van der Waals surface area contributed by atoms with Crippen LogP contribution in [-0.2, 0) is 0 Å². The van der Waals surface area contributed by atoms with Gasteiger partial charge in [0.1, 0.15) is 5.75 Å². The standard InChI is InChI=1S/C14H10FNO5/c1-8-5-6-9(14(17)18)7-12(8)21-11-4-2-3-10(15)13(11)16(19)20/h2-7H,1H3,(H,17,18). The molecule has 0 spiro atoms. The van der Waals surface area contributed by atoms with Gasteiger partial charge < -0.3 is 9.84 Å². The minimum Gasteiger partial charge on any atom is -0.478 e. The van der Waals surface area contributed by atoms with Crippen molar-refractivity contribution in [3.8, 4) is 11.5 Å². The van der Waals surface area contributed by atoms with E-state index in [9.17, 15) is 19.3 Å². The molecular formula is C14H10FNO5. The van der Waals surface area contributed by atoms with E-state index in [2.05, 4.69) is 0 Å². The predicted molar refractivity (Wildman–Crippen MR) is 71.3 cm³/mol. The zero-order chi connectivity index (χ0) is 15.6. The highest BCUT2D eigenvalue weighted by Crippen LogP contribution is 2.34. The molecule has 0 amide bonds. The predicted octanol–water partition coefficient (Wildman–Crippen LogP) is 3.53. The topological polar surface area (TPSA) is 89.7 Å². The molecule has 108 valence electrons. The van der Waals surface area contributed by atoms with E-state index in [1.165, 1.54) is 30.3 Å². The van der Waals surface area contributed by atoms with Crippen molar-refractivity contribution in [1.29, 1.82) is 0 Å². The first-order chi connectivity index (χ1) is 9.90. The van der Waals surface area contributed by atoms with Crippen molar-refractivity contribution in [2.75, 3.05) is 0 Å². The van der Waals surface area contributed by atoms with Crippen LogP contribution >= 0.6 is 0 Å². The fourth-order valence-corrected chi connectivity index (χ4v) is 1.72. The van der Waals surface area contributed by atoms with E-state index in [4.69, 9.17) is 9.84 Å². The zero-order valence-electron chi connectivity index (χ0n) is 10.9. The third kappa shape index (κ3) is 2.97. The van der Waals surface area contributed by atoms with E-state index in [0.29, 0.717) is 5.56 Å². The van der Waals surface area contributed by atoms with Gasteiger partial charge in [-0.3, -0.25) is 10.1 Å². The Balaban J connectivity index is 2.48. The third-order valence-electron chi connectivity index (χ3n) is 2.79. The van der Waals surface area contributed by atoms with Crippen LogP contribution in [0, 0.1) is 22.9 Å². The van der Waals surface area contributed by atoms with Gasteiger partial charge in [-0.05, 0) is 36.8 Å². The molecule has 1 N–H and O–H groups in total. The number of nitro groups is 1. The van der Waals surface area contributed by atoms with Crippen LogP contribution in [0.3, 0.4) is 0 Å². The molecule has 0 heterocycles. The number of nitrogens with zero attached hydrogens (tertiary/aromatic N) is 1. The smallest absolute Gasteiger partial charge is 0.346 e. The molecule has 6 nitrogen and oxygen atoms in total. The van der Waals surface area contributed by atoms with Crippen LogP contribution in [0.4, 0.5) is 10.1 Å². The second-order valence-electron chi connectivity index (χ2n) is 4.23. The zero-order valence-corrected chi connectivity index (χ0v) is 10.9. The number of ether oxygens (including phenoxy) is 1. The van der Waals surface area contributed by atoms with Crippen LogP contribution < -0.4 is 4.74 Å². The number of hydrogen-bond donors (Lipinski definition) is 1. The van der Waals surface area contributed by atoms with Crippen LogP contribution in [0.15, 0.2) is 36.4 Å². The summed E-state index contributed by atoms with van der Waals surface area (Å²) < 4.78 is 18.8. The molecule has 0 saturated heterocycles. The summed E-state index contributed by atoms with van der Waals surface area (Å²) in [4.78, 5) is 20.9. The summed E-state index contributed by atoms with van der Waals surface area (Å²) in [6, 6.07) is 7.58. The molecule has 21 heavy (non-hydrogen) atoms. The van der Waals surface area contributed by atoms with Crippen molar-refractivity contribution in [3.63, 3.8) is 0 Å². The summed E-state index contributed by atoms with van der Waals surface area (Å²) in [6.45, 7) is 1.64. The van der Waals surface area contributed by atoms with Gasteiger partial charge in [0, 0.05) is 0 Å². The number of hydrogen-bond acceptors (Lipinski definition) is 4. The van der Waals surface area contributed by atoms with Crippen molar-refractivity contribution in [3.05, 3.63) is 63.5 Å². The molecule has 0 aliphatic heterocycles. The number of aryl methyl sites for hydroxylation is 1. The monoisotopic (exact) mass is 291 g/mol. The first kappa shape index (κ1) is 14.4. The first-order valence-corrected chi connectivity index (χ1v) is 5.85. The number of nitro benzene ring substituents is 1. The Morgan fingerprint density at radius 1 is 1.29 bits per heavy atom. The van der Waals surface area contributed by atoms with E-state index in [0.717, 1.165) is 6.07 Å². The summed E-state index contributed by atoms with van der Waals surface area (Å²) in [7, 11) is 0. The molecule has 0 aromatic heterocycles. The maximum Gasteiger partial charge on any atom is 0.346 e. The van der Waals surface area contributed by atoms with Crippen LogP contribution in [0.5, 0.6) is 11.5 Å². The van der Waals surface area contributed by atoms with E-state index >= 15 is 0 Å². The summed E-state index contributed by atoms with van der Waals surface area (Å²) in [5, 5.41) is 19.8. The van der Waals surface area contributed by atoms with E-state index in [-0.39, 0.29) is 17.1 Å². The van der Waals surface area contributed by atoms with E-state index < -0.39 is 22.4 Å². The Morgan fingerprint density at radius 3 is 2.62 bits per heavy atom. The highest BCUT2D eigenvalue weighted by atomic mass is 19.1. The lowest BCUT2D eigenvalue weighted by molar-refractivity contribution is -0.388. The molecular weight excluding hydrogens is 281 g/mol. The number of aromatic carboxylic acids is 1.